The van der Waals surface area contributed by atoms with Crippen molar-refractivity contribution >= 4 is 22.6 Å². The van der Waals surface area contributed by atoms with Crippen LogP contribution in [0.2, 0.25) is 0 Å². The lowest BCUT2D eigenvalue weighted by Gasteiger charge is -2.17. The lowest BCUT2D eigenvalue weighted by Crippen LogP contribution is -2.34. The first-order chi connectivity index (χ1) is 10.6. The summed E-state index contributed by atoms with van der Waals surface area (Å²) in [4.78, 5) is 30.4. The molecule has 1 aromatic carbocycles. The van der Waals surface area contributed by atoms with Crippen molar-refractivity contribution in [2.75, 3.05) is 11.9 Å². The number of hydrogen-bond donors (Lipinski definition) is 0. The maximum atomic E-state index is 12.3. The van der Waals surface area contributed by atoms with Crippen molar-refractivity contribution in [1.82, 2.24) is 19.3 Å². The van der Waals surface area contributed by atoms with Gasteiger partial charge in [0.1, 0.15) is 18.3 Å². The van der Waals surface area contributed by atoms with Crippen molar-refractivity contribution in [3.05, 3.63) is 53.2 Å². The van der Waals surface area contributed by atoms with Gasteiger partial charge in [-0.2, -0.15) is 5.10 Å². The predicted octanol–water partition coefficient (Wildman–Crippen LogP) is 0.793. The van der Waals surface area contributed by atoms with E-state index in [4.69, 9.17) is 0 Å². The largest absolute Gasteiger partial charge is 0.314 e. The van der Waals surface area contributed by atoms with Crippen molar-refractivity contribution in [1.29, 1.82) is 0 Å². The highest BCUT2D eigenvalue weighted by molar-refractivity contribution is 5.92. The minimum Gasteiger partial charge on any atom is -0.314 e. The van der Waals surface area contributed by atoms with Crippen LogP contribution in [0.15, 0.2) is 47.7 Å². The molecule has 2 aromatic heterocycles. The lowest BCUT2D eigenvalue weighted by molar-refractivity contribution is -0.118. The van der Waals surface area contributed by atoms with Crippen LogP contribution in [0.25, 0.3) is 11.0 Å². The van der Waals surface area contributed by atoms with Crippen molar-refractivity contribution in [3.63, 3.8) is 0 Å². The normalized spacial score (nSPS) is 10.8. The second-order valence-corrected chi connectivity index (χ2v) is 4.97. The van der Waals surface area contributed by atoms with Gasteiger partial charge in [-0.25, -0.2) is 4.98 Å². The van der Waals surface area contributed by atoms with E-state index in [1.807, 2.05) is 30.3 Å². The molecule has 0 aliphatic rings. The molecule has 0 saturated heterocycles. The topological polar surface area (TPSA) is 73.0 Å². The van der Waals surface area contributed by atoms with Crippen LogP contribution in [0.4, 0.5) is 5.69 Å². The number of carbonyl (C=O) groups excluding carboxylic acids is 1. The molecule has 2 heterocycles. The summed E-state index contributed by atoms with van der Waals surface area (Å²) in [5.41, 5.74) is 1.01. The van der Waals surface area contributed by atoms with E-state index in [1.165, 1.54) is 26.7 Å². The maximum Gasteiger partial charge on any atom is 0.264 e. The summed E-state index contributed by atoms with van der Waals surface area (Å²) in [6, 6.07) is 9.27. The first kappa shape index (κ1) is 14.0. The number of rotatable bonds is 3. The highest BCUT2D eigenvalue weighted by Gasteiger charge is 2.14. The molecule has 0 N–H and O–H groups in total. The van der Waals surface area contributed by atoms with E-state index >= 15 is 0 Å². The van der Waals surface area contributed by atoms with E-state index in [0.29, 0.717) is 11.0 Å². The standard InChI is InChI=1S/C15H15N5O2/c1-18(11-6-4-3-5-7-11)13(21)9-20-10-16-14-12(15(20)22)8-17-19(14)2/h3-8,10H,9H2,1-2H3. The van der Waals surface area contributed by atoms with Crippen molar-refractivity contribution in [2.24, 2.45) is 7.05 Å². The second kappa shape index (κ2) is 5.44. The summed E-state index contributed by atoms with van der Waals surface area (Å²) < 4.78 is 2.82. The molecule has 22 heavy (non-hydrogen) atoms. The third-order valence-corrected chi connectivity index (χ3v) is 3.54. The number of aryl methyl sites for hydroxylation is 1. The smallest absolute Gasteiger partial charge is 0.264 e. The molecule has 7 heteroatoms. The van der Waals surface area contributed by atoms with Gasteiger partial charge in [0.25, 0.3) is 5.56 Å². The Morgan fingerprint density at radius 3 is 2.73 bits per heavy atom. The van der Waals surface area contributed by atoms with Gasteiger partial charge in [0.05, 0.1) is 6.20 Å². The Labute approximate surface area is 126 Å². The van der Waals surface area contributed by atoms with Gasteiger partial charge < -0.3 is 4.90 Å². The Bertz CT molecular complexity index is 882. The molecule has 0 unspecified atom stereocenters. The third kappa shape index (κ3) is 2.37. The summed E-state index contributed by atoms with van der Waals surface area (Å²) in [6.45, 7) is -0.0674. The number of amides is 1. The number of para-hydroxylation sites is 1. The molecule has 0 spiro atoms. The number of nitrogens with zero attached hydrogens (tertiary/aromatic N) is 5. The average Bonchev–Trinajstić information content (AvgIpc) is 2.92. The van der Waals surface area contributed by atoms with Crippen LogP contribution in [-0.4, -0.2) is 32.3 Å². The minimum atomic E-state index is -0.270. The highest BCUT2D eigenvalue weighted by atomic mass is 16.2. The van der Waals surface area contributed by atoms with Crippen LogP contribution >= 0.6 is 0 Å². The third-order valence-electron chi connectivity index (χ3n) is 3.54. The fraction of sp³-hybridized carbons (Fsp3) is 0.200. The fourth-order valence-electron chi connectivity index (χ4n) is 2.23. The first-order valence-corrected chi connectivity index (χ1v) is 6.76. The quantitative estimate of drug-likeness (QED) is 0.716. The van der Waals surface area contributed by atoms with E-state index in [0.717, 1.165) is 5.69 Å². The zero-order chi connectivity index (χ0) is 15.7. The van der Waals surface area contributed by atoms with Gasteiger partial charge in [-0.15, -0.1) is 0 Å². The van der Waals surface area contributed by atoms with E-state index in [1.54, 1.807) is 14.1 Å². The molecule has 0 radical (unpaired) electrons. The van der Waals surface area contributed by atoms with Gasteiger partial charge in [0.2, 0.25) is 5.91 Å². The Balaban J connectivity index is 1.88. The first-order valence-electron chi connectivity index (χ1n) is 6.76. The Kier molecular flexibility index (Phi) is 3.46. The van der Waals surface area contributed by atoms with Crippen LogP contribution in [0, 0.1) is 0 Å². The van der Waals surface area contributed by atoms with E-state index < -0.39 is 0 Å². The number of aromatic nitrogens is 4. The number of benzene rings is 1. The number of anilines is 1. The van der Waals surface area contributed by atoms with E-state index in [9.17, 15) is 9.59 Å². The van der Waals surface area contributed by atoms with E-state index in [2.05, 4.69) is 10.1 Å². The number of hydrogen-bond acceptors (Lipinski definition) is 4. The maximum absolute atomic E-state index is 12.3. The molecular weight excluding hydrogens is 282 g/mol. The highest BCUT2D eigenvalue weighted by Crippen LogP contribution is 2.11. The van der Waals surface area contributed by atoms with E-state index in [-0.39, 0.29) is 18.0 Å². The molecule has 0 fully saturated rings. The van der Waals surface area contributed by atoms with Crippen molar-refractivity contribution < 1.29 is 4.79 Å². The summed E-state index contributed by atoms with van der Waals surface area (Å²) >= 11 is 0. The van der Waals surface area contributed by atoms with Gasteiger partial charge in [0.15, 0.2) is 5.65 Å². The fourth-order valence-corrected chi connectivity index (χ4v) is 2.23. The predicted molar refractivity (Wildman–Crippen MR) is 82.6 cm³/mol. The van der Waals surface area contributed by atoms with Crippen LogP contribution in [0.3, 0.4) is 0 Å². The Hall–Kier alpha value is -2.96. The second-order valence-electron chi connectivity index (χ2n) is 4.97. The lowest BCUT2D eigenvalue weighted by atomic mass is 10.3. The molecule has 1 amide bonds. The summed E-state index contributed by atoms with van der Waals surface area (Å²) in [7, 11) is 3.40. The van der Waals surface area contributed by atoms with Gasteiger partial charge in [-0.1, -0.05) is 18.2 Å². The average molecular weight is 297 g/mol. The Morgan fingerprint density at radius 1 is 1.27 bits per heavy atom. The molecule has 0 bridgehead atoms. The SMILES string of the molecule is CN(C(=O)Cn1cnc2c(cnn2C)c1=O)c1ccccc1. The summed E-state index contributed by atoms with van der Waals surface area (Å²) in [6.07, 6.45) is 2.84. The van der Waals surface area contributed by atoms with Crippen LogP contribution in [-0.2, 0) is 18.4 Å². The summed E-state index contributed by atoms with van der Waals surface area (Å²) in [5, 5.41) is 4.41. The van der Waals surface area contributed by atoms with Crippen LogP contribution in [0.1, 0.15) is 0 Å². The van der Waals surface area contributed by atoms with Crippen molar-refractivity contribution in [2.45, 2.75) is 6.54 Å². The monoisotopic (exact) mass is 297 g/mol. The molecule has 0 saturated carbocycles. The molecule has 0 aliphatic heterocycles. The number of carbonyl (C=O) groups is 1. The number of likely N-dealkylation sites (N-methyl/N-ethyl adjacent to an activating group) is 1. The molecule has 7 nitrogen and oxygen atoms in total. The molecule has 0 aliphatic carbocycles. The van der Waals surface area contributed by atoms with Crippen LogP contribution < -0.4 is 10.5 Å². The Morgan fingerprint density at radius 2 is 2.00 bits per heavy atom. The van der Waals surface area contributed by atoms with Crippen molar-refractivity contribution in [3.8, 4) is 0 Å². The van der Waals surface area contributed by atoms with Gasteiger partial charge in [-0.3, -0.25) is 18.8 Å². The van der Waals surface area contributed by atoms with Crippen LogP contribution in [0.5, 0.6) is 0 Å². The summed E-state index contributed by atoms with van der Waals surface area (Å²) in [5.74, 6) is -0.196. The molecule has 3 rings (SSSR count). The molecule has 3 aromatic rings. The number of fused-ring (bicyclic) bond motifs is 1. The molecule has 112 valence electrons. The zero-order valence-corrected chi connectivity index (χ0v) is 12.3. The van der Waals surface area contributed by atoms with Gasteiger partial charge in [0, 0.05) is 19.8 Å². The van der Waals surface area contributed by atoms with Gasteiger partial charge in [-0.05, 0) is 12.1 Å². The zero-order valence-electron chi connectivity index (χ0n) is 12.3. The van der Waals surface area contributed by atoms with Gasteiger partial charge >= 0.3 is 0 Å². The molecule has 0 atom stereocenters. The molecular formula is C15H15N5O2. The minimum absolute atomic E-state index is 0.0674.